The molecule has 2 aliphatic carbocycles. The Morgan fingerprint density at radius 2 is 1.96 bits per heavy atom. The van der Waals surface area contributed by atoms with Crippen LogP contribution in [0.5, 0.6) is 0 Å². The molecule has 5 unspecified atom stereocenters. The fourth-order valence-corrected chi connectivity index (χ4v) is 4.30. The lowest BCUT2D eigenvalue weighted by Gasteiger charge is -2.19. The molecule has 2 saturated carbocycles. The lowest BCUT2D eigenvalue weighted by molar-refractivity contribution is -0.131. The topological polar surface area (TPSA) is 46.3 Å². The SMILES string of the molecule is Cl.NC1CCC2CN(C(=O)C3CC3c3ccc(F)c(F)c3)CC12. The Balaban J connectivity index is 0.00000156. The molecule has 1 amide bonds. The van der Waals surface area contributed by atoms with Crippen LogP contribution in [0.1, 0.15) is 30.7 Å². The zero-order chi connectivity index (χ0) is 15.4. The van der Waals surface area contributed by atoms with Gasteiger partial charge in [0.2, 0.25) is 5.91 Å². The van der Waals surface area contributed by atoms with Crippen molar-refractivity contribution in [3.05, 3.63) is 35.4 Å². The molecule has 3 fully saturated rings. The van der Waals surface area contributed by atoms with Crippen LogP contribution in [-0.4, -0.2) is 29.9 Å². The summed E-state index contributed by atoms with van der Waals surface area (Å²) in [7, 11) is 0. The summed E-state index contributed by atoms with van der Waals surface area (Å²) in [6.07, 6.45) is 2.92. The number of benzene rings is 1. The standard InChI is InChI=1S/C17H20F2N2O.ClH/c18-14-3-1-9(5-15(14)19)11-6-12(11)17(22)21-7-10-2-4-16(20)13(10)8-21;/h1,3,5,10-13,16H,2,4,6-8,20H2;1H. The molecule has 0 spiro atoms. The van der Waals surface area contributed by atoms with Crippen molar-refractivity contribution in [2.45, 2.75) is 31.2 Å². The summed E-state index contributed by atoms with van der Waals surface area (Å²) in [5.41, 5.74) is 6.84. The Labute approximate surface area is 140 Å². The van der Waals surface area contributed by atoms with E-state index in [1.54, 1.807) is 6.07 Å². The van der Waals surface area contributed by atoms with Crippen molar-refractivity contribution in [1.29, 1.82) is 0 Å². The molecule has 1 heterocycles. The number of halogens is 3. The van der Waals surface area contributed by atoms with Crippen LogP contribution in [0.4, 0.5) is 8.78 Å². The minimum absolute atomic E-state index is 0. The number of carbonyl (C=O) groups excluding carboxylic acids is 1. The molecule has 1 saturated heterocycles. The largest absolute Gasteiger partial charge is 0.342 e. The Kier molecular flexibility index (Phi) is 4.36. The maximum absolute atomic E-state index is 13.3. The van der Waals surface area contributed by atoms with Gasteiger partial charge < -0.3 is 10.6 Å². The number of nitrogens with two attached hydrogens (primary N) is 1. The summed E-state index contributed by atoms with van der Waals surface area (Å²) in [6.45, 7) is 1.59. The highest BCUT2D eigenvalue weighted by Gasteiger charge is 2.50. The number of amides is 1. The van der Waals surface area contributed by atoms with Crippen molar-refractivity contribution in [2.75, 3.05) is 13.1 Å². The van der Waals surface area contributed by atoms with Gasteiger partial charge in [0.1, 0.15) is 0 Å². The Morgan fingerprint density at radius 1 is 1.17 bits per heavy atom. The minimum Gasteiger partial charge on any atom is -0.342 e. The molecular formula is C17H21ClF2N2O. The highest BCUT2D eigenvalue weighted by molar-refractivity contribution is 5.85. The first-order chi connectivity index (χ1) is 10.5. The summed E-state index contributed by atoms with van der Waals surface area (Å²) in [4.78, 5) is 14.5. The highest BCUT2D eigenvalue weighted by atomic mass is 35.5. The van der Waals surface area contributed by atoms with Crippen LogP contribution in [0, 0.1) is 29.4 Å². The van der Waals surface area contributed by atoms with E-state index in [9.17, 15) is 13.6 Å². The van der Waals surface area contributed by atoms with Crippen molar-refractivity contribution in [1.82, 2.24) is 4.90 Å². The normalized spacial score (nSPS) is 34.9. The van der Waals surface area contributed by atoms with Crippen LogP contribution >= 0.6 is 12.4 Å². The highest BCUT2D eigenvalue weighted by Crippen LogP contribution is 2.50. The van der Waals surface area contributed by atoms with Gasteiger partial charge in [-0.3, -0.25) is 4.79 Å². The first-order valence-corrected chi connectivity index (χ1v) is 8.04. The third kappa shape index (κ3) is 2.85. The Hall–Kier alpha value is -1.20. The lowest BCUT2D eigenvalue weighted by atomic mass is 9.98. The quantitative estimate of drug-likeness (QED) is 0.898. The predicted molar refractivity (Wildman–Crippen MR) is 85.2 cm³/mol. The number of rotatable bonds is 2. The van der Waals surface area contributed by atoms with Gasteiger partial charge in [-0.2, -0.15) is 0 Å². The van der Waals surface area contributed by atoms with Crippen LogP contribution in [0.15, 0.2) is 18.2 Å². The third-order valence-electron chi connectivity index (χ3n) is 5.70. The van der Waals surface area contributed by atoms with Crippen molar-refractivity contribution >= 4 is 18.3 Å². The van der Waals surface area contributed by atoms with E-state index in [-0.39, 0.29) is 36.2 Å². The average Bonchev–Trinajstić information content (AvgIpc) is 3.06. The van der Waals surface area contributed by atoms with Crippen LogP contribution in [0.3, 0.4) is 0 Å². The summed E-state index contributed by atoms with van der Waals surface area (Å²) in [5.74, 6) is -0.539. The second-order valence-electron chi connectivity index (χ2n) is 7.03. The first-order valence-electron chi connectivity index (χ1n) is 8.04. The van der Waals surface area contributed by atoms with E-state index in [2.05, 4.69) is 0 Å². The van der Waals surface area contributed by atoms with Gasteiger partial charge in [-0.1, -0.05) is 6.07 Å². The molecule has 23 heavy (non-hydrogen) atoms. The molecule has 6 heteroatoms. The van der Waals surface area contributed by atoms with Gasteiger partial charge in [-0.05, 0) is 54.7 Å². The van der Waals surface area contributed by atoms with Gasteiger partial charge in [0.05, 0.1) is 0 Å². The van der Waals surface area contributed by atoms with E-state index in [1.165, 1.54) is 6.07 Å². The number of carbonyl (C=O) groups is 1. The van der Waals surface area contributed by atoms with Gasteiger partial charge >= 0.3 is 0 Å². The van der Waals surface area contributed by atoms with Crippen molar-refractivity contribution in [2.24, 2.45) is 23.5 Å². The molecule has 4 rings (SSSR count). The van der Waals surface area contributed by atoms with Gasteiger partial charge in [-0.15, -0.1) is 12.4 Å². The second kappa shape index (κ2) is 6.02. The molecule has 1 aliphatic heterocycles. The Bertz CT molecular complexity index is 627. The zero-order valence-corrected chi connectivity index (χ0v) is 13.6. The lowest BCUT2D eigenvalue weighted by Crippen LogP contribution is -2.34. The summed E-state index contributed by atoms with van der Waals surface area (Å²) < 4.78 is 26.3. The molecule has 2 N–H and O–H groups in total. The van der Waals surface area contributed by atoms with Crippen molar-refractivity contribution in [3.8, 4) is 0 Å². The minimum atomic E-state index is -0.839. The smallest absolute Gasteiger partial charge is 0.226 e. The molecule has 1 aromatic rings. The summed E-state index contributed by atoms with van der Waals surface area (Å²) >= 11 is 0. The molecule has 0 bridgehead atoms. The molecule has 0 radical (unpaired) electrons. The summed E-state index contributed by atoms with van der Waals surface area (Å²) in [5, 5.41) is 0. The van der Waals surface area contributed by atoms with E-state index in [1.807, 2.05) is 4.90 Å². The number of hydrogen-bond donors (Lipinski definition) is 1. The predicted octanol–water partition coefficient (Wildman–Crippen LogP) is 2.69. The van der Waals surface area contributed by atoms with E-state index in [0.717, 1.165) is 44.0 Å². The molecule has 126 valence electrons. The number of hydrogen-bond acceptors (Lipinski definition) is 2. The molecular weight excluding hydrogens is 322 g/mol. The molecule has 1 aromatic carbocycles. The van der Waals surface area contributed by atoms with Crippen molar-refractivity contribution < 1.29 is 13.6 Å². The molecule has 3 aliphatic rings. The van der Waals surface area contributed by atoms with Gasteiger partial charge in [0.15, 0.2) is 11.6 Å². The van der Waals surface area contributed by atoms with E-state index >= 15 is 0 Å². The van der Waals surface area contributed by atoms with Gasteiger partial charge in [0, 0.05) is 25.0 Å². The Morgan fingerprint density at radius 3 is 2.65 bits per heavy atom. The fourth-order valence-electron chi connectivity index (χ4n) is 4.30. The van der Waals surface area contributed by atoms with Crippen LogP contribution in [0.25, 0.3) is 0 Å². The van der Waals surface area contributed by atoms with E-state index in [0.29, 0.717) is 11.8 Å². The maximum Gasteiger partial charge on any atom is 0.226 e. The van der Waals surface area contributed by atoms with E-state index in [4.69, 9.17) is 5.73 Å². The van der Waals surface area contributed by atoms with Crippen molar-refractivity contribution in [3.63, 3.8) is 0 Å². The molecule has 5 atom stereocenters. The van der Waals surface area contributed by atoms with Crippen LogP contribution in [0.2, 0.25) is 0 Å². The molecule has 3 nitrogen and oxygen atoms in total. The molecule has 0 aromatic heterocycles. The van der Waals surface area contributed by atoms with Gasteiger partial charge in [-0.25, -0.2) is 8.78 Å². The third-order valence-corrected chi connectivity index (χ3v) is 5.70. The van der Waals surface area contributed by atoms with Crippen LogP contribution < -0.4 is 5.73 Å². The van der Waals surface area contributed by atoms with Gasteiger partial charge in [0.25, 0.3) is 0 Å². The van der Waals surface area contributed by atoms with Crippen LogP contribution in [-0.2, 0) is 4.79 Å². The van der Waals surface area contributed by atoms with E-state index < -0.39 is 11.6 Å². The number of likely N-dealkylation sites (tertiary alicyclic amines) is 1. The second-order valence-corrected chi connectivity index (χ2v) is 7.03. The monoisotopic (exact) mass is 342 g/mol. The first kappa shape index (κ1) is 16.7. The maximum atomic E-state index is 13.3. The zero-order valence-electron chi connectivity index (χ0n) is 12.8. The average molecular weight is 343 g/mol. The summed E-state index contributed by atoms with van der Waals surface area (Å²) in [6, 6.07) is 4.18. The fraction of sp³-hybridized carbons (Fsp3) is 0.588. The number of nitrogens with zero attached hydrogens (tertiary/aromatic N) is 1. The number of fused-ring (bicyclic) bond motifs is 1.